The summed E-state index contributed by atoms with van der Waals surface area (Å²) in [5.74, 6) is 0.481. The minimum Gasteiger partial charge on any atom is -0.382 e. The Bertz CT molecular complexity index is 877. The quantitative estimate of drug-likeness (QED) is 0.530. The van der Waals surface area contributed by atoms with Gasteiger partial charge in [0, 0.05) is 13.1 Å². The summed E-state index contributed by atoms with van der Waals surface area (Å²) in [6, 6.07) is 16.8. The molecule has 0 aromatic heterocycles. The highest BCUT2D eigenvalue weighted by Gasteiger charge is 2.25. The van der Waals surface area contributed by atoms with E-state index in [2.05, 4.69) is 13.8 Å². The molecule has 0 aliphatic heterocycles. The molecule has 0 aliphatic carbocycles. The van der Waals surface area contributed by atoms with E-state index in [1.807, 2.05) is 54.3 Å². The van der Waals surface area contributed by atoms with Gasteiger partial charge >= 0.3 is 10.1 Å². The Kier molecular flexibility index (Phi) is 8.26. The van der Waals surface area contributed by atoms with Crippen molar-refractivity contribution in [3.05, 3.63) is 65.7 Å². The highest BCUT2D eigenvalue weighted by atomic mass is 32.2. The van der Waals surface area contributed by atoms with Gasteiger partial charge in [-0.15, -0.1) is 0 Å². The molecule has 1 unspecified atom stereocenters. The Morgan fingerprint density at radius 2 is 1.62 bits per heavy atom. The molecule has 0 bridgehead atoms. The van der Waals surface area contributed by atoms with Crippen molar-refractivity contribution in [3.63, 3.8) is 0 Å². The highest BCUT2D eigenvalue weighted by Crippen LogP contribution is 2.24. The summed E-state index contributed by atoms with van der Waals surface area (Å²) < 4.78 is 28.2. The van der Waals surface area contributed by atoms with Gasteiger partial charge in [0.25, 0.3) is 0 Å². The number of hydrogen-bond donors (Lipinski definition) is 0. The summed E-state index contributed by atoms with van der Waals surface area (Å²) >= 11 is 0. The first-order valence-electron chi connectivity index (χ1n) is 10.1. The normalized spacial score (nSPS) is 12.6. The molecule has 2 aromatic rings. The van der Waals surface area contributed by atoms with Gasteiger partial charge in [0.05, 0.1) is 11.7 Å². The molecule has 2 aromatic carbocycles. The molecule has 5 nitrogen and oxygen atoms in total. The molecule has 0 heterocycles. The fourth-order valence-corrected chi connectivity index (χ4v) is 3.73. The number of carbonyl (C=O) groups excluding carboxylic acids is 1. The van der Waals surface area contributed by atoms with E-state index in [9.17, 15) is 13.2 Å². The Labute approximate surface area is 174 Å². The van der Waals surface area contributed by atoms with Gasteiger partial charge in [-0.3, -0.25) is 4.79 Å². The Morgan fingerprint density at radius 1 is 1.00 bits per heavy atom. The third kappa shape index (κ3) is 6.89. The maximum absolute atomic E-state index is 13.3. The number of carbonyl (C=O) groups is 1. The van der Waals surface area contributed by atoms with Gasteiger partial charge in [-0.05, 0) is 42.5 Å². The van der Waals surface area contributed by atoms with E-state index in [-0.39, 0.29) is 23.3 Å². The lowest BCUT2D eigenvalue weighted by atomic mass is 9.94. The number of nitrogens with zero attached hydrogens (tertiary/aromatic N) is 1. The summed E-state index contributed by atoms with van der Waals surface area (Å²) in [6.07, 6.45) is 0.735. The smallest absolute Gasteiger partial charge is 0.308 e. The predicted octanol–water partition coefficient (Wildman–Crippen LogP) is 4.59. The van der Waals surface area contributed by atoms with Crippen molar-refractivity contribution >= 4 is 16.0 Å². The maximum Gasteiger partial charge on any atom is 0.308 e. The minimum absolute atomic E-state index is 0.0800. The van der Waals surface area contributed by atoms with E-state index in [1.165, 1.54) is 6.92 Å². The molecule has 2 rings (SSSR count). The maximum atomic E-state index is 13.3. The predicted molar refractivity (Wildman–Crippen MR) is 116 cm³/mol. The van der Waals surface area contributed by atoms with Crippen LogP contribution in [0.2, 0.25) is 0 Å². The van der Waals surface area contributed by atoms with Crippen molar-refractivity contribution in [2.24, 2.45) is 5.92 Å². The summed E-state index contributed by atoms with van der Waals surface area (Å²) in [4.78, 5) is 15.2. The van der Waals surface area contributed by atoms with Crippen LogP contribution in [0.5, 0.6) is 5.75 Å². The van der Waals surface area contributed by atoms with Crippen molar-refractivity contribution < 1.29 is 17.4 Å². The fourth-order valence-electron chi connectivity index (χ4n) is 3.21. The van der Waals surface area contributed by atoms with Crippen LogP contribution in [0.15, 0.2) is 54.6 Å². The molecule has 0 saturated carbocycles. The Morgan fingerprint density at radius 3 is 2.14 bits per heavy atom. The standard InChI is InChI=1S/C23H31NO4S/c1-5-22(20-10-8-7-9-11-20)23(25)24(16-18(3)4)17-19-12-14-21(15-13-19)28-29(26,27)6-2/h7-15,18,22H,5-6,16-17H2,1-4H3. The van der Waals surface area contributed by atoms with Crippen LogP contribution in [0.3, 0.4) is 0 Å². The van der Waals surface area contributed by atoms with Crippen LogP contribution in [0.1, 0.15) is 51.2 Å². The second kappa shape index (κ2) is 10.4. The average molecular weight is 418 g/mol. The van der Waals surface area contributed by atoms with Gasteiger partial charge in [-0.1, -0.05) is 63.2 Å². The van der Waals surface area contributed by atoms with Crippen LogP contribution in [0, 0.1) is 5.92 Å². The zero-order valence-electron chi connectivity index (χ0n) is 17.7. The first kappa shape index (κ1) is 22.9. The van der Waals surface area contributed by atoms with Gasteiger partial charge in [0.15, 0.2) is 0 Å². The van der Waals surface area contributed by atoms with E-state index < -0.39 is 10.1 Å². The number of amides is 1. The third-order valence-corrected chi connectivity index (χ3v) is 5.83. The number of hydrogen-bond acceptors (Lipinski definition) is 4. The van der Waals surface area contributed by atoms with Gasteiger partial charge in [0.2, 0.25) is 5.91 Å². The zero-order chi connectivity index (χ0) is 21.4. The molecule has 0 fully saturated rings. The van der Waals surface area contributed by atoms with Crippen LogP contribution in [0.4, 0.5) is 0 Å². The summed E-state index contributed by atoms with van der Waals surface area (Å²) in [5.41, 5.74) is 1.96. The van der Waals surface area contributed by atoms with Gasteiger partial charge in [-0.25, -0.2) is 0 Å². The monoisotopic (exact) mass is 417 g/mol. The molecule has 29 heavy (non-hydrogen) atoms. The van der Waals surface area contributed by atoms with Crippen molar-refractivity contribution in [1.29, 1.82) is 0 Å². The van der Waals surface area contributed by atoms with E-state index in [4.69, 9.17) is 4.18 Å². The van der Waals surface area contributed by atoms with Crippen LogP contribution >= 0.6 is 0 Å². The van der Waals surface area contributed by atoms with Crippen molar-refractivity contribution in [2.45, 2.75) is 46.6 Å². The van der Waals surface area contributed by atoms with E-state index in [0.29, 0.717) is 19.0 Å². The van der Waals surface area contributed by atoms with E-state index >= 15 is 0 Å². The van der Waals surface area contributed by atoms with Crippen LogP contribution in [0.25, 0.3) is 0 Å². The summed E-state index contributed by atoms with van der Waals surface area (Å²) in [7, 11) is -3.55. The topological polar surface area (TPSA) is 63.7 Å². The lowest BCUT2D eigenvalue weighted by Gasteiger charge is -2.29. The molecule has 1 atom stereocenters. The molecular formula is C23H31NO4S. The molecule has 1 amide bonds. The van der Waals surface area contributed by atoms with Gasteiger partial charge in [-0.2, -0.15) is 8.42 Å². The summed E-state index contributed by atoms with van der Waals surface area (Å²) in [5, 5.41) is 0. The molecule has 0 N–H and O–H groups in total. The molecule has 158 valence electrons. The minimum atomic E-state index is -3.55. The Balaban J connectivity index is 2.19. The van der Waals surface area contributed by atoms with Crippen LogP contribution < -0.4 is 4.18 Å². The Hall–Kier alpha value is -2.34. The first-order valence-corrected chi connectivity index (χ1v) is 11.7. The van der Waals surface area contributed by atoms with E-state index in [0.717, 1.165) is 17.5 Å². The summed E-state index contributed by atoms with van der Waals surface area (Å²) in [6.45, 7) is 8.89. The third-order valence-electron chi connectivity index (χ3n) is 4.68. The molecule has 0 saturated heterocycles. The van der Waals surface area contributed by atoms with E-state index in [1.54, 1.807) is 12.1 Å². The highest BCUT2D eigenvalue weighted by molar-refractivity contribution is 7.87. The lowest BCUT2D eigenvalue weighted by molar-refractivity contribution is -0.134. The lowest BCUT2D eigenvalue weighted by Crippen LogP contribution is -2.37. The van der Waals surface area contributed by atoms with Crippen molar-refractivity contribution in [3.8, 4) is 5.75 Å². The zero-order valence-corrected chi connectivity index (χ0v) is 18.5. The first-order chi connectivity index (χ1) is 13.8. The van der Waals surface area contributed by atoms with Crippen molar-refractivity contribution in [2.75, 3.05) is 12.3 Å². The van der Waals surface area contributed by atoms with Crippen LogP contribution in [-0.4, -0.2) is 31.5 Å². The number of benzene rings is 2. The second-order valence-electron chi connectivity index (χ2n) is 7.56. The second-order valence-corrected chi connectivity index (χ2v) is 9.42. The van der Waals surface area contributed by atoms with Gasteiger partial charge < -0.3 is 9.08 Å². The largest absolute Gasteiger partial charge is 0.382 e. The van der Waals surface area contributed by atoms with Crippen molar-refractivity contribution in [1.82, 2.24) is 4.90 Å². The molecule has 0 radical (unpaired) electrons. The number of rotatable bonds is 10. The average Bonchev–Trinajstić information content (AvgIpc) is 2.69. The SMILES string of the molecule is CCC(C(=O)N(Cc1ccc(OS(=O)(=O)CC)cc1)CC(C)C)c1ccccc1. The molecule has 6 heteroatoms. The molecule has 0 aliphatic rings. The molecular weight excluding hydrogens is 386 g/mol. The van der Waals surface area contributed by atoms with Gasteiger partial charge in [0.1, 0.15) is 5.75 Å². The fraction of sp³-hybridized carbons (Fsp3) is 0.435. The molecule has 0 spiro atoms. The van der Waals surface area contributed by atoms with Crippen LogP contribution in [-0.2, 0) is 21.5 Å².